The van der Waals surface area contributed by atoms with Gasteiger partial charge in [-0.2, -0.15) is 0 Å². The fourth-order valence-corrected chi connectivity index (χ4v) is 2.18. The minimum absolute atomic E-state index is 0.146. The molecule has 0 fully saturated rings. The average molecular weight is 236 g/mol. The highest BCUT2D eigenvalue weighted by Crippen LogP contribution is 2.25. The van der Waals surface area contributed by atoms with E-state index < -0.39 is 6.10 Å². The monoisotopic (exact) mass is 236 g/mol. The molecule has 0 radical (unpaired) electrons. The van der Waals surface area contributed by atoms with Crippen LogP contribution in [-0.4, -0.2) is 18.3 Å². The van der Waals surface area contributed by atoms with Crippen molar-refractivity contribution in [2.45, 2.75) is 45.8 Å². The van der Waals surface area contributed by atoms with Crippen molar-refractivity contribution >= 4 is 0 Å². The van der Waals surface area contributed by atoms with Crippen molar-refractivity contribution in [3.63, 3.8) is 0 Å². The van der Waals surface area contributed by atoms with Crippen LogP contribution in [0.5, 0.6) is 0 Å². The van der Waals surface area contributed by atoms with Gasteiger partial charge in [-0.15, -0.1) is 0 Å². The first-order valence-electron chi connectivity index (χ1n) is 6.39. The molecule has 17 heavy (non-hydrogen) atoms. The molecule has 0 heterocycles. The van der Waals surface area contributed by atoms with Crippen LogP contribution >= 0.6 is 0 Å². The summed E-state index contributed by atoms with van der Waals surface area (Å²) in [6.45, 7) is 6.29. The zero-order chi connectivity index (χ0) is 12.8. The van der Waals surface area contributed by atoms with Crippen LogP contribution < -0.4 is 0 Å². The summed E-state index contributed by atoms with van der Waals surface area (Å²) in [5.74, 6) is 0.296. The van der Waals surface area contributed by atoms with Crippen molar-refractivity contribution in [2.75, 3.05) is 7.11 Å². The molecule has 96 valence electrons. The van der Waals surface area contributed by atoms with E-state index in [1.807, 2.05) is 12.1 Å². The van der Waals surface area contributed by atoms with Crippen LogP contribution in [0.1, 0.15) is 44.4 Å². The summed E-state index contributed by atoms with van der Waals surface area (Å²) in [5.41, 5.74) is 2.24. The van der Waals surface area contributed by atoms with E-state index in [0.29, 0.717) is 5.92 Å². The minimum atomic E-state index is -0.545. The first-order valence-corrected chi connectivity index (χ1v) is 6.39. The number of hydrogen-bond donors (Lipinski definition) is 1. The van der Waals surface area contributed by atoms with Gasteiger partial charge in [0.1, 0.15) is 6.10 Å². The van der Waals surface area contributed by atoms with Gasteiger partial charge in [0, 0.05) is 7.11 Å². The third-order valence-corrected chi connectivity index (χ3v) is 3.07. The zero-order valence-corrected chi connectivity index (χ0v) is 11.3. The molecule has 0 bridgehead atoms. The molecule has 2 atom stereocenters. The first-order chi connectivity index (χ1) is 8.10. The van der Waals surface area contributed by atoms with Gasteiger partial charge in [0.2, 0.25) is 0 Å². The van der Waals surface area contributed by atoms with E-state index in [0.717, 1.165) is 18.4 Å². The van der Waals surface area contributed by atoms with Gasteiger partial charge in [-0.05, 0) is 23.5 Å². The molecule has 1 N–H and O–H groups in total. The lowest BCUT2D eigenvalue weighted by atomic mass is 9.94. The van der Waals surface area contributed by atoms with E-state index in [9.17, 15) is 5.11 Å². The molecule has 0 aliphatic rings. The number of rotatable bonds is 6. The van der Waals surface area contributed by atoms with Crippen LogP contribution in [0.2, 0.25) is 0 Å². The number of methoxy groups -OCH3 is 1. The SMILES string of the molecule is CCCc1cccc(C(O)C(OC)C(C)C)c1. The fourth-order valence-electron chi connectivity index (χ4n) is 2.18. The van der Waals surface area contributed by atoms with Crippen molar-refractivity contribution in [1.29, 1.82) is 0 Å². The molecule has 0 aliphatic carbocycles. The van der Waals surface area contributed by atoms with Gasteiger partial charge < -0.3 is 9.84 Å². The van der Waals surface area contributed by atoms with Crippen molar-refractivity contribution in [2.24, 2.45) is 5.92 Å². The molecule has 0 saturated carbocycles. The van der Waals surface area contributed by atoms with E-state index in [4.69, 9.17) is 4.74 Å². The Balaban J connectivity index is 2.86. The van der Waals surface area contributed by atoms with Gasteiger partial charge in [0.25, 0.3) is 0 Å². The lowest BCUT2D eigenvalue weighted by Crippen LogP contribution is -2.26. The minimum Gasteiger partial charge on any atom is -0.386 e. The van der Waals surface area contributed by atoms with E-state index in [1.54, 1.807) is 7.11 Å². The van der Waals surface area contributed by atoms with Gasteiger partial charge in [-0.25, -0.2) is 0 Å². The van der Waals surface area contributed by atoms with Gasteiger partial charge in [-0.3, -0.25) is 0 Å². The van der Waals surface area contributed by atoms with E-state index >= 15 is 0 Å². The fraction of sp³-hybridized carbons (Fsp3) is 0.600. The largest absolute Gasteiger partial charge is 0.386 e. The maximum Gasteiger partial charge on any atom is 0.105 e. The molecule has 2 nitrogen and oxygen atoms in total. The zero-order valence-electron chi connectivity index (χ0n) is 11.3. The van der Waals surface area contributed by atoms with Gasteiger partial charge in [-0.1, -0.05) is 51.5 Å². The number of ether oxygens (including phenoxy) is 1. The molecule has 0 amide bonds. The highest BCUT2D eigenvalue weighted by atomic mass is 16.5. The van der Waals surface area contributed by atoms with Crippen molar-refractivity contribution in [3.8, 4) is 0 Å². The third kappa shape index (κ3) is 3.83. The molecule has 2 heteroatoms. The summed E-state index contributed by atoms with van der Waals surface area (Å²) in [4.78, 5) is 0. The van der Waals surface area contributed by atoms with Gasteiger partial charge in [0.15, 0.2) is 0 Å². The Morgan fingerprint density at radius 3 is 2.53 bits per heavy atom. The number of hydrogen-bond acceptors (Lipinski definition) is 2. The maximum atomic E-state index is 10.3. The molecular weight excluding hydrogens is 212 g/mol. The van der Waals surface area contributed by atoms with E-state index in [1.165, 1.54) is 5.56 Å². The second-order valence-corrected chi connectivity index (χ2v) is 4.88. The Hall–Kier alpha value is -0.860. The Morgan fingerprint density at radius 2 is 2.00 bits per heavy atom. The predicted octanol–water partition coefficient (Wildman–Crippen LogP) is 3.34. The third-order valence-electron chi connectivity index (χ3n) is 3.07. The number of benzene rings is 1. The second kappa shape index (κ2) is 6.77. The number of aryl methyl sites for hydroxylation is 1. The molecule has 0 aromatic heterocycles. The topological polar surface area (TPSA) is 29.5 Å². The van der Waals surface area contributed by atoms with Gasteiger partial charge in [0.05, 0.1) is 6.10 Å². The molecule has 1 rings (SSSR count). The lowest BCUT2D eigenvalue weighted by molar-refractivity contribution is -0.0391. The lowest BCUT2D eigenvalue weighted by Gasteiger charge is -2.25. The Labute approximate surface area is 105 Å². The molecule has 0 saturated heterocycles. The van der Waals surface area contributed by atoms with E-state index in [-0.39, 0.29) is 6.10 Å². The van der Waals surface area contributed by atoms with Crippen LogP contribution in [0.25, 0.3) is 0 Å². The molecule has 1 aromatic rings. The maximum absolute atomic E-state index is 10.3. The summed E-state index contributed by atoms with van der Waals surface area (Å²) in [6, 6.07) is 8.17. The Morgan fingerprint density at radius 1 is 1.29 bits per heavy atom. The number of aliphatic hydroxyl groups is 1. The normalized spacial score (nSPS) is 14.9. The van der Waals surface area contributed by atoms with Crippen LogP contribution in [0, 0.1) is 5.92 Å². The van der Waals surface area contributed by atoms with Gasteiger partial charge >= 0.3 is 0 Å². The first kappa shape index (κ1) is 14.2. The van der Waals surface area contributed by atoms with Crippen molar-refractivity contribution in [3.05, 3.63) is 35.4 Å². The van der Waals surface area contributed by atoms with Crippen LogP contribution in [0.3, 0.4) is 0 Å². The highest BCUT2D eigenvalue weighted by Gasteiger charge is 2.23. The summed E-state index contributed by atoms with van der Waals surface area (Å²) >= 11 is 0. The predicted molar refractivity (Wildman–Crippen MR) is 71.0 cm³/mol. The summed E-state index contributed by atoms with van der Waals surface area (Å²) in [5, 5.41) is 10.3. The summed E-state index contributed by atoms with van der Waals surface area (Å²) in [7, 11) is 1.66. The molecule has 0 aliphatic heterocycles. The molecule has 0 spiro atoms. The van der Waals surface area contributed by atoms with Crippen LogP contribution in [0.15, 0.2) is 24.3 Å². The average Bonchev–Trinajstić information content (AvgIpc) is 2.30. The standard InChI is InChI=1S/C15H24O2/c1-5-7-12-8-6-9-13(10-12)14(16)15(17-4)11(2)3/h6,8-11,14-16H,5,7H2,1-4H3. The van der Waals surface area contributed by atoms with E-state index in [2.05, 4.69) is 32.9 Å². The molecule has 1 aromatic carbocycles. The van der Waals surface area contributed by atoms with Crippen LogP contribution in [-0.2, 0) is 11.2 Å². The van der Waals surface area contributed by atoms with Crippen LogP contribution in [0.4, 0.5) is 0 Å². The quantitative estimate of drug-likeness (QED) is 0.821. The second-order valence-electron chi connectivity index (χ2n) is 4.88. The molecule has 2 unspecified atom stereocenters. The summed E-state index contributed by atoms with van der Waals surface area (Å²) < 4.78 is 5.38. The Bertz CT molecular complexity index is 333. The highest BCUT2D eigenvalue weighted by molar-refractivity contribution is 5.26. The number of aliphatic hydroxyl groups excluding tert-OH is 1. The summed E-state index contributed by atoms with van der Waals surface area (Å²) in [6.07, 6.45) is 1.49. The van der Waals surface area contributed by atoms with Crippen molar-refractivity contribution in [1.82, 2.24) is 0 Å². The molecular formula is C15H24O2. The van der Waals surface area contributed by atoms with Crippen molar-refractivity contribution < 1.29 is 9.84 Å². The smallest absolute Gasteiger partial charge is 0.105 e. The Kier molecular flexibility index (Phi) is 5.66.